The Morgan fingerprint density at radius 1 is 1.24 bits per heavy atom. The predicted molar refractivity (Wildman–Crippen MR) is 159 cm³/mol. The number of nitrogens with two attached hydrogens (primary N) is 1. The van der Waals surface area contributed by atoms with Crippen LogP contribution >= 0.6 is 46.3 Å². The van der Waals surface area contributed by atoms with E-state index >= 15 is 0 Å². The number of Topliss-reactive ketones (excluding diaryl/α,β-unsaturated/α-hetero) is 1. The molecular weight excluding hydrogens is 606 g/mol. The molecule has 0 saturated heterocycles. The second kappa shape index (κ2) is 11.4. The highest BCUT2D eigenvalue weighted by atomic mass is 35.5. The number of benzene rings is 2. The zero-order chi connectivity index (χ0) is 29.5. The first kappa shape index (κ1) is 29.1. The van der Waals surface area contributed by atoms with E-state index in [0.29, 0.717) is 49.2 Å². The van der Waals surface area contributed by atoms with Crippen molar-refractivity contribution in [2.24, 2.45) is 11.1 Å². The van der Waals surface area contributed by atoms with Gasteiger partial charge in [0.1, 0.15) is 11.6 Å². The fraction of sp³-hybridized carbons (Fsp3) is 0.250. The van der Waals surface area contributed by atoms with Gasteiger partial charge in [-0.15, -0.1) is 10.2 Å². The number of hydrogen-bond donors (Lipinski definition) is 2. The van der Waals surface area contributed by atoms with Gasteiger partial charge in [0.05, 0.1) is 39.0 Å². The molecule has 8 nitrogen and oxygen atoms in total. The summed E-state index contributed by atoms with van der Waals surface area (Å²) in [4.78, 5) is 27.7. The van der Waals surface area contributed by atoms with Gasteiger partial charge in [-0.1, -0.05) is 78.3 Å². The smallest absolute Gasteiger partial charge is 0.234 e. The van der Waals surface area contributed by atoms with Crippen LogP contribution in [0.1, 0.15) is 38.2 Å². The number of ketones is 1. The maximum absolute atomic E-state index is 13.9. The first-order chi connectivity index (χ1) is 19.5. The highest BCUT2D eigenvalue weighted by Gasteiger charge is 2.45. The normalized spacial score (nSPS) is 18.3. The second-order valence-corrected chi connectivity index (χ2v) is 13.3. The molecular formula is C28H23Cl2FN6O2S2. The van der Waals surface area contributed by atoms with Crippen LogP contribution in [-0.2, 0) is 9.59 Å². The Hall–Kier alpha value is -3.43. The Labute approximate surface area is 254 Å². The molecule has 1 amide bonds. The largest absolute Gasteiger partial charge is 0.384 e. The molecule has 2 heterocycles. The number of halogens is 3. The number of para-hydroxylation sites is 1. The highest BCUT2D eigenvalue weighted by Crippen LogP contribution is 2.51. The summed E-state index contributed by atoms with van der Waals surface area (Å²) < 4.78 is 14.3. The van der Waals surface area contributed by atoms with Crippen LogP contribution in [-0.4, -0.2) is 27.6 Å². The number of allylic oxidation sites excluding steroid dienone is 3. The maximum Gasteiger partial charge on any atom is 0.234 e. The van der Waals surface area contributed by atoms with Gasteiger partial charge in [0.2, 0.25) is 11.0 Å². The summed E-state index contributed by atoms with van der Waals surface area (Å²) in [6.45, 7) is 3.99. The van der Waals surface area contributed by atoms with E-state index in [2.05, 4.69) is 21.6 Å². The lowest BCUT2D eigenvalue weighted by atomic mass is 9.69. The van der Waals surface area contributed by atoms with Gasteiger partial charge in [0.15, 0.2) is 10.1 Å². The summed E-state index contributed by atoms with van der Waals surface area (Å²) in [6.07, 6.45) is 0.794. The predicted octanol–water partition coefficient (Wildman–Crippen LogP) is 6.66. The molecule has 5 rings (SSSR count). The molecule has 3 aromatic rings. The molecule has 0 saturated carbocycles. The molecule has 1 aromatic heterocycles. The van der Waals surface area contributed by atoms with Crippen molar-refractivity contribution in [3.63, 3.8) is 0 Å². The summed E-state index contributed by atoms with van der Waals surface area (Å²) in [6, 6.07) is 13.1. The number of rotatable bonds is 6. The molecule has 0 fully saturated rings. The lowest BCUT2D eigenvalue weighted by Gasteiger charge is -2.42. The Morgan fingerprint density at radius 2 is 2.00 bits per heavy atom. The van der Waals surface area contributed by atoms with Crippen molar-refractivity contribution in [2.75, 3.05) is 16.0 Å². The minimum absolute atomic E-state index is 0.0312. The van der Waals surface area contributed by atoms with E-state index in [4.69, 9.17) is 28.9 Å². The number of thioether (sulfide) groups is 1. The molecule has 13 heteroatoms. The molecule has 0 bridgehead atoms. The minimum atomic E-state index is -0.714. The minimum Gasteiger partial charge on any atom is -0.384 e. The molecule has 3 N–H and O–H groups in total. The monoisotopic (exact) mass is 628 g/mol. The van der Waals surface area contributed by atoms with Crippen LogP contribution in [0.15, 0.2) is 69.5 Å². The van der Waals surface area contributed by atoms with Crippen LogP contribution in [0.5, 0.6) is 0 Å². The number of aromatic nitrogens is 2. The van der Waals surface area contributed by atoms with E-state index in [1.54, 1.807) is 29.2 Å². The number of carbonyl (C=O) groups is 2. The lowest BCUT2D eigenvalue weighted by Crippen LogP contribution is -2.42. The topological polar surface area (TPSA) is 125 Å². The molecule has 41 heavy (non-hydrogen) atoms. The van der Waals surface area contributed by atoms with Gasteiger partial charge in [-0.05, 0) is 41.7 Å². The lowest BCUT2D eigenvalue weighted by molar-refractivity contribution is -0.118. The van der Waals surface area contributed by atoms with Gasteiger partial charge in [0, 0.05) is 17.7 Å². The SMILES string of the molecule is CC1(C)CC(=O)C2=C(C1)N(c1nnc(SCC(=O)Nc3ccccc3F)s1)C(N)=C(C#N)C2c1ccc(Cl)c(Cl)c1. The molecule has 1 aliphatic heterocycles. The van der Waals surface area contributed by atoms with Crippen LogP contribution in [0.3, 0.4) is 0 Å². The Kier molecular flexibility index (Phi) is 8.12. The zero-order valence-electron chi connectivity index (χ0n) is 21.9. The first-order valence-corrected chi connectivity index (χ1v) is 15.0. The van der Waals surface area contributed by atoms with Gasteiger partial charge in [0.25, 0.3) is 0 Å². The van der Waals surface area contributed by atoms with Crippen molar-refractivity contribution in [1.29, 1.82) is 5.26 Å². The van der Waals surface area contributed by atoms with Crippen molar-refractivity contribution in [1.82, 2.24) is 10.2 Å². The van der Waals surface area contributed by atoms with Crippen LogP contribution < -0.4 is 16.0 Å². The maximum atomic E-state index is 13.9. The Morgan fingerprint density at radius 3 is 2.71 bits per heavy atom. The number of amides is 1. The van der Waals surface area contributed by atoms with E-state index in [1.165, 1.54) is 29.5 Å². The summed E-state index contributed by atoms with van der Waals surface area (Å²) in [5, 5.41) is 22.3. The van der Waals surface area contributed by atoms with Crippen LogP contribution in [0, 0.1) is 22.6 Å². The van der Waals surface area contributed by atoms with Crippen LogP contribution in [0.4, 0.5) is 15.2 Å². The standard InChI is InChI=1S/C28H23Cl2FN6O2S2/c1-28(2)10-20-24(21(38)11-28)23(14-7-8-16(29)17(30)9-14)15(12-32)25(33)37(20)26-35-36-27(41-26)40-13-22(39)34-19-6-4-3-5-18(19)31/h3-9,23H,10-11,13,33H2,1-2H3,(H,34,39). The van der Waals surface area contributed by atoms with Crippen LogP contribution in [0.2, 0.25) is 10.0 Å². The van der Waals surface area contributed by atoms with E-state index in [1.807, 2.05) is 13.8 Å². The Bertz CT molecular complexity index is 1680. The quantitative estimate of drug-likeness (QED) is 0.290. The average molecular weight is 630 g/mol. The summed E-state index contributed by atoms with van der Waals surface area (Å²) in [7, 11) is 0. The third kappa shape index (κ3) is 5.83. The van der Waals surface area contributed by atoms with Gasteiger partial charge in [-0.25, -0.2) is 4.39 Å². The van der Waals surface area contributed by atoms with Gasteiger partial charge >= 0.3 is 0 Å². The summed E-state index contributed by atoms with van der Waals surface area (Å²) in [5.41, 5.74) is 8.29. The fourth-order valence-corrected chi connectivity index (χ4v) is 6.97. The van der Waals surface area contributed by atoms with Gasteiger partial charge < -0.3 is 11.1 Å². The van der Waals surface area contributed by atoms with Crippen molar-refractivity contribution in [3.8, 4) is 6.07 Å². The van der Waals surface area contributed by atoms with E-state index in [0.717, 1.165) is 11.8 Å². The van der Waals surface area contributed by atoms with Crippen molar-refractivity contribution in [2.45, 2.75) is 36.9 Å². The summed E-state index contributed by atoms with van der Waals surface area (Å²) in [5.74, 6) is -1.64. The molecule has 2 aliphatic rings. The molecule has 2 aromatic carbocycles. The number of anilines is 2. The van der Waals surface area contributed by atoms with Gasteiger partial charge in [-0.2, -0.15) is 5.26 Å². The average Bonchev–Trinajstić information content (AvgIpc) is 3.37. The molecule has 1 aliphatic carbocycles. The molecule has 0 spiro atoms. The van der Waals surface area contributed by atoms with Gasteiger partial charge in [-0.3, -0.25) is 14.5 Å². The van der Waals surface area contributed by atoms with Crippen molar-refractivity contribution in [3.05, 3.63) is 86.6 Å². The molecule has 0 radical (unpaired) electrons. The Balaban J connectivity index is 1.48. The molecule has 210 valence electrons. The fourth-order valence-electron chi connectivity index (χ4n) is 4.98. The van der Waals surface area contributed by atoms with E-state index in [-0.39, 0.29) is 34.0 Å². The highest BCUT2D eigenvalue weighted by molar-refractivity contribution is 8.01. The third-order valence-electron chi connectivity index (χ3n) is 6.72. The first-order valence-electron chi connectivity index (χ1n) is 12.4. The van der Waals surface area contributed by atoms with Crippen molar-refractivity contribution < 1.29 is 14.0 Å². The van der Waals surface area contributed by atoms with E-state index in [9.17, 15) is 19.2 Å². The number of carbonyl (C=O) groups excluding carboxylic acids is 2. The van der Waals surface area contributed by atoms with Crippen molar-refractivity contribution >= 4 is 68.8 Å². The number of nitriles is 1. The second-order valence-electron chi connectivity index (χ2n) is 10.3. The number of nitrogens with zero attached hydrogens (tertiary/aromatic N) is 4. The third-order valence-corrected chi connectivity index (χ3v) is 9.50. The number of nitrogens with one attached hydrogen (secondary N) is 1. The molecule has 1 atom stereocenters. The number of hydrogen-bond acceptors (Lipinski definition) is 9. The summed E-state index contributed by atoms with van der Waals surface area (Å²) >= 11 is 14.8. The van der Waals surface area contributed by atoms with E-state index < -0.39 is 17.6 Å². The molecule has 1 unspecified atom stereocenters. The zero-order valence-corrected chi connectivity index (χ0v) is 25.0. The van der Waals surface area contributed by atoms with Crippen LogP contribution in [0.25, 0.3) is 0 Å².